The molecule has 0 fully saturated rings. The zero-order chi connectivity index (χ0) is 14.0. The number of rotatable bonds is 2. The highest BCUT2D eigenvalue weighted by molar-refractivity contribution is 6.42. The monoisotopic (exact) mass is 295 g/mol. The molecule has 0 saturated carbocycles. The molecule has 0 N–H and O–H groups in total. The SMILES string of the molecule is CC(C)=Nc1ccc(F)cc1-c1ccc(Cl)c(Cl)c1. The van der Waals surface area contributed by atoms with Crippen molar-refractivity contribution >= 4 is 34.6 Å². The number of halogens is 3. The van der Waals surface area contributed by atoms with E-state index >= 15 is 0 Å². The van der Waals surface area contributed by atoms with Gasteiger partial charge in [-0.05, 0) is 49.7 Å². The Hall–Kier alpha value is -1.38. The van der Waals surface area contributed by atoms with Crippen LogP contribution >= 0.6 is 23.2 Å². The quantitative estimate of drug-likeness (QED) is 0.611. The fraction of sp³-hybridized carbons (Fsp3) is 0.133. The highest BCUT2D eigenvalue weighted by Crippen LogP contribution is 2.34. The second kappa shape index (κ2) is 5.72. The van der Waals surface area contributed by atoms with Gasteiger partial charge in [0.05, 0.1) is 15.7 Å². The summed E-state index contributed by atoms with van der Waals surface area (Å²) in [5, 5.41) is 0.908. The fourth-order valence-electron chi connectivity index (χ4n) is 1.74. The van der Waals surface area contributed by atoms with Crippen molar-refractivity contribution in [2.75, 3.05) is 0 Å². The maximum atomic E-state index is 13.4. The highest BCUT2D eigenvalue weighted by atomic mass is 35.5. The molecule has 98 valence electrons. The van der Waals surface area contributed by atoms with Gasteiger partial charge in [-0.3, -0.25) is 4.99 Å². The first-order valence-electron chi connectivity index (χ1n) is 5.74. The predicted molar refractivity (Wildman–Crippen MR) is 80.3 cm³/mol. The van der Waals surface area contributed by atoms with E-state index in [0.29, 0.717) is 21.3 Å². The normalized spacial score (nSPS) is 10.4. The smallest absolute Gasteiger partial charge is 0.123 e. The second-order valence-corrected chi connectivity index (χ2v) is 5.16. The number of hydrogen-bond donors (Lipinski definition) is 0. The summed E-state index contributed by atoms with van der Waals surface area (Å²) < 4.78 is 13.4. The van der Waals surface area contributed by atoms with Crippen molar-refractivity contribution in [2.24, 2.45) is 4.99 Å². The minimum absolute atomic E-state index is 0.311. The summed E-state index contributed by atoms with van der Waals surface area (Å²) in [6, 6.07) is 9.69. The van der Waals surface area contributed by atoms with Gasteiger partial charge in [0, 0.05) is 11.3 Å². The Bertz CT molecular complexity index is 647. The fourth-order valence-corrected chi connectivity index (χ4v) is 2.04. The van der Waals surface area contributed by atoms with E-state index in [0.717, 1.165) is 11.3 Å². The molecular weight excluding hydrogens is 284 g/mol. The topological polar surface area (TPSA) is 12.4 Å². The Morgan fingerprint density at radius 2 is 1.74 bits per heavy atom. The summed E-state index contributed by atoms with van der Waals surface area (Å²) >= 11 is 11.9. The second-order valence-electron chi connectivity index (χ2n) is 4.35. The molecule has 0 amide bonds. The summed E-state index contributed by atoms with van der Waals surface area (Å²) in [4.78, 5) is 4.40. The first-order chi connectivity index (χ1) is 8.97. The lowest BCUT2D eigenvalue weighted by Gasteiger charge is -2.08. The third-order valence-electron chi connectivity index (χ3n) is 2.53. The van der Waals surface area contributed by atoms with Gasteiger partial charge in [0.1, 0.15) is 5.82 Å². The number of benzene rings is 2. The highest BCUT2D eigenvalue weighted by Gasteiger charge is 2.08. The molecule has 0 spiro atoms. The van der Waals surface area contributed by atoms with E-state index < -0.39 is 0 Å². The van der Waals surface area contributed by atoms with E-state index in [2.05, 4.69) is 4.99 Å². The summed E-state index contributed by atoms with van der Waals surface area (Å²) in [7, 11) is 0. The zero-order valence-corrected chi connectivity index (χ0v) is 12.1. The summed E-state index contributed by atoms with van der Waals surface area (Å²) in [6.07, 6.45) is 0. The van der Waals surface area contributed by atoms with Crippen LogP contribution in [0.25, 0.3) is 11.1 Å². The number of hydrogen-bond acceptors (Lipinski definition) is 1. The van der Waals surface area contributed by atoms with Crippen molar-refractivity contribution in [2.45, 2.75) is 13.8 Å². The zero-order valence-electron chi connectivity index (χ0n) is 10.5. The standard InChI is InChI=1S/C15H12Cl2FN/c1-9(2)19-15-6-4-11(18)8-12(15)10-3-5-13(16)14(17)7-10/h3-8H,1-2H3. The molecule has 0 aliphatic rings. The van der Waals surface area contributed by atoms with Crippen LogP contribution < -0.4 is 0 Å². The van der Waals surface area contributed by atoms with Crippen LogP contribution in [0.3, 0.4) is 0 Å². The van der Waals surface area contributed by atoms with Crippen molar-refractivity contribution in [3.8, 4) is 11.1 Å². The average molecular weight is 296 g/mol. The molecule has 1 nitrogen and oxygen atoms in total. The molecule has 0 atom stereocenters. The summed E-state index contributed by atoms with van der Waals surface area (Å²) in [6.45, 7) is 3.78. The van der Waals surface area contributed by atoms with Crippen molar-refractivity contribution < 1.29 is 4.39 Å². The third-order valence-corrected chi connectivity index (χ3v) is 3.27. The lowest BCUT2D eigenvalue weighted by Crippen LogP contribution is -1.85. The van der Waals surface area contributed by atoms with Gasteiger partial charge in [0.2, 0.25) is 0 Å². The van der Waals surface area contributed by atoms with Gasteiger partial charge >= 0.3 is 0 Å². The van der Waals surface area contributed by atoms with Gasteiger partial charge in [-0.25, -0.2) is 4.39 Å². The first kappa shape index (κ1) is 14.0. The van der Waals surface area contributed by atoms with Crippen LogP contribution in [0, 0.1) is 5.82 Å². The van der Waals surface area contributed by atoms with E-state index in [1.165, 1.54) is 12.1 Å². The Balaban J connectivity index is 2.62. The molecule has 2 rings (SSSR count). The molecule has 0 radical (unpaired) electrons. The van der Waals surface area contributed by atoms with Crippen LogP contribution in [0.15, 0.2) is 41.4 Å². The third kappa shape index (κ3) is 3.34. The van der Waals surface area contributed by atoms with Crippen LogP contribution in [0.1, 0.15) is 13.8 Å². The lowest BCUT2D eigenvalue weighted by molar-refractivity contribution is 0.628. The van der Waals surface area contributed by atoms with Crippen LogP contribution in [0.2, 0.25) is 10.0 Å². The molecular formula is C15H12Cl2FN. The molecule has 19 heavy (non-hydrogen) atoms. The van der Waals surface area contributed by atoms with Crippen LogP contribution in [0.4, 0.5) is 10.1 Å². The van der Waals surface area contributed by atoms with Crippen LogP contribution in [-0.2, 0) is 0 Å². The van der Waals surface area contributed by atoms with E-state index in [-0.39, 0.29) is 5.82 Å². The Morgan fingerprint density at radius 3 is 2.37 bits per heavy atom. The maximum Gasteiger partial charge on any atom is 0.123 e. The molecule has 0 bridgehead atoms. The molecule has 4 heteroatoms. The largest absolute Gasteiger partial charge is 0.258 e. The first-order valence-corrected chi connectivity index (χ1v) is 6.50. The number of aliphatic imine (C=N–C) groups is 1. The van der Waals surface area contributed by atoms with E-state index in [9.17, 15) is 4.39 Å². The van der Waals surface area contributed by atoms with E-state index in [1.54, 1.807) is 24.3 Å². The van der Waals surface area contributed by atoms with Gasteiger partial charge in [-0.2, -0.15) is 0 Å². The van der Waals surface area contributed by atoms with Crippen LogP contribution in [0.5, 0.6) is 0 Å². The molecule has 0 aromatic heterocycles. The van der Waals surface area contributed by atoms with Gasteiger partial charge in [0.15, 0.2) is 0 Å². The van der Waals surface area contributed by atoms with Crippen molar-refractivity contribution in [1.29, 1.82) is 0 Å². The Kier molecular flexibility index (Phi) is 4.23. The van der Waals surface area contributed by atoms with Gasteiger partial charge in [-0.15, -0.1) is 0 Å². The maximum absolute atomic E-state index is 13.4. The Morgan fingerprint density at radius 1 is 1.00 bits per heavy atom. The molecule has 0 aliphatic heterocycles. The molecule has 0 saturated heterocycles. The van der Waals surface area contributed by atoms with Crippen molar-refractivity contribution in [1.82, 2.24) is 0 Å². The summed E-state index contributed by atoms with van der Waals surface area (Å²) in [5.41, 5.74) is 3.08. The minimum Gasteiger partial charge on any atom is -0.258 e. The average Bonchev–Trinajstić information content (AvgIpc) is 2.34. The van der Waals surface area contributed by atoms with Gasteiger partial charge in [0.25, 0.3) is 0 Å². The van der Waals surface area contributed by atoms with Crippen molar-refractivity contribution in [3.05, 3.63) is 52.3 Å². The van der Waals surface area contributed by atoms with E-state index in [1.807, 2.05) is 13.8 Å². The minimum atomic E-state index is -0.311. The van der Waals surface area contributed by atoms with Gasteiger partial charge < -0.3 is 0 Å². The predicted octanol–water partition coefficient (Wildman–Crippen LogP) is 5.91. The molecule has 2 aromatic rings. The molecule has 0 unspecified atom stereocenters. The molecule has 2 aromatic carbocycles. The van der Waals surface area contributed by atoms with E-state index in [4.69, 9.17) is 23.2 Å². The van der Waals surface area contributed by atoms with Crippen LogP contribution in [-0.4, -0.2) is 5.71 Å². The lowest BCUT2D eigenvalue weighted by atomic mass is 10.0. The molecule has 0 aliphatic carbocycles. The van der Waals surface area contributed by atoms with Gasteiger partial charge in [-0.1, -0.05) is 29.3 Å². The van der Waals surface area contributed by atoms with Crippen molar-refractivity contribution in [3.63, 3.8) is 0 Å². The Labute approximate surface area is 121 Å². The summed E-state index contributed by atoms with van der Waals surface area (Å²) in [5.74, 6) is -0.311. The molecule has 0 heterocycles. The number of nitrogens with zero attached hydrogens (tertiary/aromatic N) is 1.